The van der Waals surface area contributed by atoms with Gasteiger partial charge in [0, 0.05) is 17.7 Å². The maximum atomic E-state index is 12.9. The molecule has 1 aliphatic heterocycles. The van der Waals surface area contributed by atoms with Gasteiger partial charge in [-0.3, -0.25) is 4.79 Å². The number of H-pyrrole nitrogens is 1. The first-order valence-corrected chi connectivity index (χ1v) is 9.47. The predicted octanol–water partition coefficient (Wildman–Crippen LogP) is 4.47. The predicted molar refractivity (Wildman–Crippen MR) is 111 cm³/mol. The molecule has 1 N–H and O–H groups in total. The van der Waals surface area contributed by atoms with Crippen molar-refractivity contribution in [2.45, 2.75) is 20.4 Å². The van der Waals surface area contributed by atoms with Crippen LogP contribution in [0, 0.1) is 0 Å². The molecule has 2 aromatic carbocycles. The van der Waals surface area contributed by atoms with E-state index in [1.54, 1.807) is 6.33 Å². The Bertz CT molecular complexity index is 1080. The maximum absolute atomic E-state index is 12.9. The Morgan fingerprint density at radius 2 is 2.00 bits per heavy atom. The van der Waals surface area contributed by atoms with Gasteiger partial charge in [-0.25, -0.2) is 4.98 Å². The molecule has 0 saturated heterocycles. The van der Waals surface area contributed by atoms with Crippen molar-refractivity contribution in [2.24, 2.45) is 0 Å². The molecule has 4 rings (SSSR count). The zero-order valence-electron chi connectivity index (χ0n) is 16.1. The van der Waals surface area contributed by atoms with Crippen LogP contribution in [0.4, 0.5) is 0 Å². The van der Waals surface area contributed by atoms with Gasteiger partial charge in [0.25, 0.3) is 5.91 Å². The van der Waals surface area contributed by atoms with Crippen LogP contribution < -0.4 is 4.74 Å². The number of aromatic nitrogens is 2. The minimum atomic E-state index is 0.0290. The molecule has 5 heteroatoms. The highest BCUT2D eigenvalue weighted by Crippen LogP contribution is 2.30. The number of amides is 1. The summed E-state index contributed by atoms with van der Waals surface area (Å²) in [6.45, 7) is 5.39. The lowest BCUT2D eigenvalue weighted by atomic mass is 10.0. The van der Waals surface area contributed by atoms with Crippen LogP contribution in [0.25, 0.3) is 22.2 Å². The second-order valence-electron chi connectivity index (χ2n) is 6.78. The molecule has 0 spiro atoms. The fraction of sp³-hybridized carbons (Fsp3) is 0.217. The molecular formula is C23H23N3O2. The van der Waals surface area contributed by atoms with E-state index in [0.717, 1.165) is 33.5 Å². The highest BCUT2D eigenvalue weighted by molar-refractivity contribution is 5.96. The van der Waals surface area contributed by atoms with E-state index in [1.165, 1.54) is 0 Å². The summed E-state index contributed by atoms with van der Waals surface area (Å²) >= 11 is 0. The Balaban J connectivity index is 1.66. The van der Waals surface area contributed by atoms with Crippen molar-refractivity contribution in [2.75, 3.05) is 13.2 Å². The number of benzene rings is 2. The highest BCUT2D eigenvalue weighted by atomic mass is 16.5. The maximum Gasteiger partial charge on any atom is 0.253 e. The molecule has 1 aromatic heterocycles. The van der Waals surface area contributed by atoms with Crippen LogP contribution >= 0.6 is 0 Å². The average molecular weight is 373 g/mol. The molecule has 0 atom stereocenters. The number of aromatic amines is 1. The number of hydrogen-bond donors (Lipinski definition) is 1. The number of hydrogen-bond acceptors (Lipinski definition) is 3. The standard InChI is InChI=1S/C23H23N3O2/c1-3-5-16(4-2)23(27)26-10-11-28-22-9-7-17(12-19(22)14-26)18-6-8-20-21(13-18)25-15-24-20/h3-9,12-13,15H,10-11,14H2,1-2H3,(H,24,25)/b5-3-,16-4+. The van der Waals surface area contributed by atoms with Gasteiger partial charge in [0.2, 0.25) is 0 Å². The van der Waals surface area contributed by atoms with E-state index in [9.17, 15) is 4.79 Å². The van der Waals surface area contributed by atoms with E-state index in [-0.39, 0.29) is 5.91 Å². The minimum absolute atomic E-state index is 0.0290. The van der Waals surface area contributed by atoms with Crippen LogP contribution in [0.2, 0.25) is 0 Å². The molecule has 28 heavy (non-hydrogen) atoms. The fourth-order valence-corrected chi connectivity index (χ4v) is 3.52. The van der Waals surface area contributed by atoms with Gasteiger partial charge < -0.3 is 14.6 Å². The molecule has 0 aliphatic carbocycles. The largest absolute Gasteiger partial charge is 0.491 e. The molecule has 3 aromatic rings. The zero-order valence-corrected chi connectivity index (χ0v) is 16.1. The second-order valence-corrected chi connectivity index (χ2v) is 6.78. The third-order valence-corrected chi connectivity index (χ3v) is 4.99. The van der Waals surface area contributed by atoms with Crippen molar-refractivity contribution in [3.8, 4) is 16.9 Å². The van der Waals surface area contributed by atoms with Gasteiger partial charge in [-0.15, -0.1) is 0 Å². The molecule has 0 unspecified atom stereocenters. The summed E-state index contributed by atoms with van der Waals surface area (Å²) in [6.07, 6.45) is 7.29. The Labute approximate surface area is 164 Å². The van der Waals surface area contributed by atoms with Crippen LogP contribution in [0.15, 0.2) is 66.5 Å². The third kappa shape index (κ3) is 3.43. The summed E-state index contributed by atoms with van der Waals surface area (Å²) < 4.78 is 5.90. The summed E-state index contributed by atoms with van der Waals surface area (Å²) in [5.74, 6) is 0.871. The number of allylic oxidation sites excluding steroid dienone is 2. The van der Waals surface area contributed by atoms with Gasteiger partial charge in [-0.1, -0.05) is 30.4 Å². The van der Waals surface area contributed by atoms with E-state index in [4.69, 9.17) is 4.74 Å². The van der Waals surface area contributed by atoms with Gasteiger partial charge in [-0.2, -0.15) is 0 Å². The van der Waals surface area contributed by atoms with Crippen LogP contribution in [-0.4, -0.2) is 33.9 Å². The normalized spacial score (nSPS) is 14.8. The van der Waals surface area contributed by atoms with Crippen molar-refractivity contribution in [3.05, 3.63) is 72.1 Å². The van der Waals surface area contributed by atoms with Gasteiger partial charge in [0.05, 0.1) is 23.9 Å². The Morgan fingerprint density at radius 1 is 1.18 bits per heavy atom. The number of fused-ring (bicyclic) bond motifs is 2. The van der Waals surface area contributed by atoms with Gasteiger partial charge in [0.15, 0.2) is 0 Å². The molecule has 142 valence electrons. The Morgan fingerprint density at radius 3 is 2.82 bits per heavy atom. The van der Waals surface area contributed by atoms with Crippen molar-refractivity contribution in [3.63, 3.8) is 0 Å². The van der Waals surface area contributed by atoms with Gasteiger partial charge >= 0.3 is 0 Å². The van der Waals surface area contributed by atoms with Gasteiger partial charge in [-0.05, 0) is 49.2 Å². The molecule has 0 saturated carbocycles. The number of rotatable bonds is 3. The number of imidazole rings is 1. The summed E-state index contributed by atoms with van der Waals surface area (Å²) in [4.78, 5) is 22.2. The van der Waals surface area contributed by atoms with E-state index in [0.29, 0.717) is 25.3 Å². The summed E-state index contributed by atoms with van der Waals surface area (Å²) in [5, 5.41) is 0. The first kappa shape index (κ1) is 18.0. The van der Waals surface area contributed by atoms with Crippen LogP contribution in [0.3, 0.4) is 0 Å². The topological polar surface area (TPSA) is 58.2 Å². The first-order chi connectivity index (χ1) is 13.7. The Hall–Kier alpha value is -3.34. The van der Waals surface area contributed by atoms with Crippen LogP contribution in [-0.2, 0) is 11.3 Å². The fourth-order valence-electron chi connectivity index (χ4n) is 3.52. The smallest absolute Gasteiger partial charge is 0.253 e. The summed E-state index contributed by atoms with van der Waals surface area (Å²) in [5.41, 5.74) is 5.86. The van der Waals surface area contributed by atoms with E-state index >= 15 is 0 Å². The summed E-state index contributed by atoms with van der Waals surface area (Å²) in [6, 6.07) is 12.3. The van der Waals surface area contributed by atoms with E-state index in [1.807, 2.05) is 49.1 Å². The SMILES string of the molecule is C/C=C\C(=C/C)C(=O)N1CCOc2ccc(-c3ccc4nc[nH]c4c3)cc2C1. The quantitative estimate of drug-likeness (QED) is 0.544. The van der Waals surface area contributed by atoms with Crippen molar-refractivity contribution in [1.82, 2.24) is 14.9 Å². The minimum Gasteiger partial charge on any atom is -0.491 e. The third-order valence-electron chi connectivity index (χ3n) is 4.99. The molecule has 2 heterocycles. The van der Waals surface area contributed by atoms with E-state index in [2.05, 4.69) is 34.2 Å². The highest BCUT2D eigenvalue weighted by Gasteiger charge is 2.21. The number of carbonyl (C=O) groups excluding carboxylic acids is 1. The lowest BCUT2D eigenvalue weighted by Gasteiger charge is -2.20. The molecule has 0 fully saturated rings. The molecular weight excluding hydrogens is 350 g/mol. The van der Waals surface area contributed by atoms with Crippen molar-refractivity contribution < 1.29 is 9.53 Å². The summed E-state index contributed by atoms with van der Waals surface area (Å²) in [7, 11) is 0. The Kier molecular flexibility index (Phi) is 4.98. The number of ether oxygens (including phenoxy) is 1. The monoisotopic (exact) mass is 373 g/mol. The molecule has 1 amide bonds. The lowest BCUT2D eigenvalue weighted by Crippen LogP contribution is -2.33. The van der Waals surface area contributed by atoms with Crippen molar-refractivity contribution >= 4 is 16.9 Å². The van der Waals surface area contributed by atoms with Gasteiger partial charge in [0.1, 0.15) is 12.4 Å². The van der Waals surface area contributed by atoms with Crippen molar-refractivity contribution in [1.29, 1.82) is 0 Å². The number of nitrogens with zero attached hydrogens (tertiary/aromatic N) is 2. The second kappa shape index (κ2) is 7.72. The molecule has 1 aliphatic rings. The molecule has 0 radical (unpaired) electrons. The first-order valence-electron chi connectivity index (χ1n) is 9.47. The molecule has 5 nitrogen and oxygen atoms in total. The van der Waals surface area contributed by atoms with E-state index < -0.39 is 0 Å². The number of nitrogens with one attached hydrogen (secondary N) is 1. The van der Waals surface area contributed by atoms with Crippen LogP contribution in [0.5, 0.6) is 5.75 Å². The number of carbonyl (C=O) groups is 1. The lowest BCUT2D eigenvalue weighted by molar-refractivity contribution is -0.127. The zero-order chi connectivity index (χ0) is 19.5. The average Bonchev–Trinajstić information content (AvgIpc) is 3.09. The molecule has 0 bridgehead atoms. The van der Waals surface area contributed by atoms with Crippen LogP contribution in [0.1, 0.15) is 19.4 Å².